The van der Waals surface area contributed by atoms with Gasteiger partial charge in [0.1, 0.15) is 6.04 Å². The molecule has 0 aliphatic rings. The molecule has 8 heteroatoms. The third-order valence-electron chi connectivity index (χ3n) is 3.01. The summed E-state index contributed by atoms with van der Waals surface area (Å²) in [5.74, 6) is -1.22. The van der Waals surface area contributed by atoms with Gasteiger partial charge in [-0.2, -0.15) is 0 Å². The van der Waals surface area contributed by atoms with Gasteiger partial charge in [0.15, 0.2) is 0 Å². The van der Waals surface area contributed by atoms with Crippen molar-refractivity contribution >= 4 is 17.7 Å². The van der Waals surface area contributed by atoms with E-state index in [4.69, 9.17) is 11.5 Å². The van der Waals surface area contributed by atoms with Crippen LogP contribution in [-0.4, -0.2) is 49.9 Å². The van der Waals surface area contributed by atoms with Crippen LogP contribution >= 0.6 is 0 Å². The zero-order valence-electron chi connectivity index (χ0n) is 12.9. The van der Waals surface area contributed by atoms with Crippen LogP contribution in [0, 0.1) is 0 Å². The Labute approximate surface area is 135 Å². The molecule has 1 aromatic rings. The second kappa shape index (κ2) is 10.3. The fourth-order valence-corrected chi connectivity index (χ4v) is 1.87. The Kier molecular flexibility index (Phi) is 8.33. The van der Waals surface area contributed by atoms with Crippen molar-refractivity contribution in [3.8, 4) is 0 Å². The molecule has 1 atom stereocenters. The number of nitrogens with one attached hydrogen (secondary N) is 3. The minimum absolute atomic E-state index is 0.197. The molecule has 3 amide bonds. The van der Waals surface area contributed by atoms with Gasteiger partial charge in [-0.15, -0.1) is 0 Å². The van der Waals surface area contributed by atoms with Crippen LogP contribution in [0.1, 0.15) is 5.56 Å². The van der Waals surface area contributed by atoms with Gasteiger partial charge in [-0.1, -0.05) is 30.3 Å². The van der Waals surface area contributed by atoms with Gasteiger partial charge in [0.25, 0.3) is 0 Å². The van der Waals surface area contributed by atoms with Gasteiger partial charge in [0.2, 0.25) is 17.7 Å². The van der Waals surface area contributed by atoms with Crippen molar-refractivity contribution in [2.75, 3.05) is 26.2 Å². The number of hydrogen-bond acceptors (Lipinski definition) is 5. The van der Waals surface area contributed by atoms with Gasteiger partial charge >= 0.3 is 0 Å². The normalized spacial score (nSPS) is 11.4. The SMILES string of the molecule is NCCNC(=O)C(Cc1ccccc1)NC(=O)CNC(=O)CN. The topological polar surface area (TPSA) is 139 Å². The van der Waals surface area contributed by atoms with Crippen LogP contribution in [0.4, 0.5) is 0 Å². The van der Waals surface area contributed by atoms with E-state index >= 15 is 0 Å². The molecule has 0 bridgehead atoms. The molecule has 7 N–H and O–H groups in total. The summed E-state index contributed by atoms with van der Waals surface area (Å²) in [6.07, 6.45) is 0.341. The second-order valence-corrected chi connectivity index (χ2v) is 4.87. The number of hydrogen-bond donors (Lipinski definition) is 5. The van der Waals surface area contributed by atoms with Gasteiger partial charge in [-0.05, 0) is 5.56 Å². The number of amides is 3. The Morgan fingerprint density at radius 1 is 1.00 bits per heavy atom. The van der Waals surface area contributed by atoms with E-state index in [0.29, 0.717) is 19.5 Å². The van der Waals surface area contributed by atoms with Crippen LogP contribution in [0.25, 0.3) is 0 Å². The monoisotopic (exact) mass is 321 g/mol. The number of carbonyl (C=O) groups excluding carboxylic acids is 3. The maximum absolute atomic E-state index is 12.1. The van der Waals surface area contributed by atoms with Crippen molar-refractivity contribution in [2.24, 2.45) is 11.5 Å². The molecule has 0 spiro atoms. The van der Waals surface area contributed by atoms with Crippen LogP contribution in [0.2, 0.25) is 0 Å². The number of nitrogens with two attached hydrogens (primary N) is 2. The average molecular weight is 321 g/mol. The van der Waals surface area contributed by atoms with E-state index in [0.717, 1.165) is 5.56 Å². The van der Waals surface area contributed by atoms with Crippen LogP contribution < -0.4 is 27.4 Å². The van der Waals surface area contributed by atoms with Crippen molar-refractivity contribution in [2.45, 2.75) is 12.5 Å². The molecule has 126 valence electrons. The Balaban J connectivity index is 2.64. The number of benzene rings is 1. The van der Waals surface area contributed by atoms with Crippen LogP contribution in [-0.2, 0) is 20.8 Å². The summed E-state index contributed by atoms with van der Waals surface area (Å²) in [6.45, 7) is 0.206. The van der Waals surface area contributed by atoms with Crippen LogP contribution in [0.15, 0.2) is 30.3 Å². The van der Waals surface area contributed by atoms with E-state index in [1.165, 1.54) is 0 Å². The lowest BCUT2D eigenvalue weighted by atomic mass is 10.1. The smallest absolute Gasteiger partial charge is 0.242 e. The molecule has 0 heterocycles. The Bertz CT molecular complexity index is 521. The lowest BCUT2D eigenvalue weighted by molar-refractivity contribution is -0.129. The molecular weight excluding hydrogens is 298 g/mol. The molecular formula is C15H23N5O3. The first-order valence-corrected chi connectivity index (χ1v) is 7.34. The largest absolute Gasteiger partial charge is 0.353 e. The fourth-order valence-electron chi connectivity index (χ4n) is 1.87. The summed E-state index contributed by atoms with van der Waals surface area (Å²) >= 11 is 0. The molecule has 0 fully saturated rings. The highest BCUT2D eigenvalue weighted by Gasteiger charge is 2.20. The van der Waals surface area contributed by atoms with Crippen LogP contribution in [0.3, 0.4) is 0 Å². The van der Waals surface area contributed by atoms with Gasteiger partial charge in [0.05, 0.1) is 13.1 Å². The van der Waals surface area contributed by atoms with E-state index in [1.807, 2.05) is 30.3 Å². The number of rotatable bonds is 9. The molecule has 1 unspecified atom stereocenters. The molecule has 0 aromatic heterocycles. The first-order valence-electron chi connectivity index (χ1n) is 7.34. The second-order valence-electron chi connectivity index (χ2n) is 4.87. The maximum Gasteiger partial charge on any atom is 0.242 e. The fraction of sp³-hybridized carbons (Fsp3) is 0.400. The maximum atomic E-state index is 12.1. The summed E-state index contributed by atoms with van der Waals surface area (Å²) in [5.41, 5.74) is 11.4. The zero-order valence-corrected chi connectivity index (χ0v) is 12.9. The summed E-state index contributed by atoms with van der Waals surface area (Å²) in [7, 11) is 0. The van der Waals surface area contributed by atoms with E-state index in [2.05, 4.69) is 16.0 Å². The highest BCUT2D eigenvalue weighted by Crippen LogP contribution is 2.03. The first-order chi connectivity index (χ1) is 11.1. The third kappa shape index (κ3) is 7.39. The van der Waals surface area contributed by atoms with Gasteiger partial charge in [0, 0.05) is 19.5 Å². The molecule has 1 aromatic carbocycles. The number of carbonyl (C=O) groups is 3. The lowest BCUT2D eigenvalue weighted by Crippen LogP contribution is -2.51. The molecule has 0 aliphatic heterocycles. The minimum Gasteiger partial charge on any atom is -0.353 e. The summed E-state index contributed by atoms with van der Waals surface area (Å²) < 4.78 is 0. The van der Waals surface area contributed by atoms with E-state index < -0.39 is 17.9 Å². The summed E-state index contributed by atoms with van der Waals surface area (Å²) in [6, 6.07) is 8.57. The van der Waals surface area contributed by atoms with Crippen LogP contribution in [0.5, 0.6) is 0 Å². The van der Waals surface area contributed by atoms with E-state index in [9.17, 15) is 14.4 Å². The molecule has 0 aliphatic carbocycles. The zero-order chi connectivity index (χ0) is 17.1. The highest BCUT2D eigenvalue weighted by atomic mass is 16.2. The van der Waals surface area contributed by atoms with Gasteiger partial charge < -0.3 is 27.4 Å². The molecule has 0 radical (unpaired) electrons. The minimum atomic E-state index is -0.744. The van der Waals surface area contributed by atoms with Crippen molar-refractivity contribution in [1.29, 1.82) is 0 Å². The molecule has 8 nitrogen and oxygen atoms in total. The van der Waals surface area contributed by atoms with Crippen molar-refractivity contribution in [3.05, 3.63) is 35.9 Å². The Morgan fingerprint density at radius 3 is 2.30 bits per heavy atom. The average Bonchev–Trinajstić information content (AvgIpc) is 2.57. The predicted molar refractivity (Wildman–Crippen MR) is 86.2 cm³/mol. The molecule has 1 rings (SSSR count). The van der Waals surface area contributed by atoms with E-state index in [1.54, 1.807) is 0 Å². The Morgan fingerprint density at radius 2 is 1.70 bits per heavy atom. The lowest BCUT2D eigenvalue weighted by Gasteiger charge is -2.18. The third-order valence-corrected chi connectivity index (χ3v) is 3.01. The highest BCUT2D eigenvalue weighted by molar-refractivity contribution is 5.90. The summed E-state index contributed by atoms with van der Waals surface area (Å²) in [5, 5.41) is 7.61. The van der Waals surface area contributed by atoms with E-state index in [-0.39, 0.29) is 19.0 Å². The van der Waals surface area contributed by atoms with Gasteiger partial charge in [-0.25, -0.2) is 0 Å². The standard InChI is InChI=1S/C15H23N5O3/c16-6-7-18-15(23)12(8-11-4-2-1-3-5-11)20-14(22)10-19-13(21)9-17/h1-5,12H,6-10,16-17H2,(H,18,23)(H,19,21)(H,20,22). The molecule has 23 heavy (non-hydrogen) atoms. The first kappa shape index (κ1) is 18.6. The Hall–Kier alpha value is -2.45. The van der Waals surface area contributed by atoms with Crippen molar-refractivity contribution in [1.82, 2.24) is 16.0 Å². The summed E-state index contributed by atoms with van der Waals surface area (Å²) in [4.78, 5) is 35.1. The quantitative estimate of drug-likeness (QED) is 0.353. The molecule has 0 saturated carbocycles. The van der Waals surface area contributed by atoms with Crippen molar-refractivity contribution < 1.29 is 14.4 Å². The van der Waals surface area contributed by atoms with Gasteiger partial charge in [-0.3, -0.25) is 14.4 Å². The van der Waals surface area contributed by atoms with Crippen molar-refractivity contribution in [3.63, 3.8) is 0 Å². The predicted octanol–water partition coefficient (Wildman–Crippen LogP) is -2.14. The molecule has 0 saturated heterocycles.